The second-order valence-electron chi connectivity index (χ2n) is 5.41. The largest absolute Gasteiger partial charge is 0.419 e. The van der Waals surface area contributed by atoms with Gasteiger partial charge < -0.3 is 9.73 Å². The Labute approximate surface area is 151 Å². The molecule has 4 rings (SSSR count). The SMILES string of the molecule is O=C(CCn1c(=O)oc2ccccc21)Nc1nnc(-c2ccccn2)s1. The highest BCUT2D eigenvalue weighted by atomic mass is 32.1. The van der Waals surface area contributed by atoms with Crippen molar-refractivity contribution in [2.75, 3.05) is 5.32 Å². The van der Waals surface area contributed by atoms with Gasteiger partial charge in [0.05, 0.1) is 5.52 Å². The standard InChI is InChI=1S/C17H13N5O3S/c23-14(8-10-22-12-6-1-2-7-13(12)25-17(22)24)19-16-21-20-15(26-16)11-5-3-4-9-18-11/h1-7,9H,8,10H2,(H,19,21,23). The Hall–Kier alpha value is -3.33. The van der Waals surface area contributed by atoms with Gasteiger partial charge in [-0.25, -0.2) is 4.79 Å². The van der Waals surface area contributed by atoms with E-state index in [2.05, 4.69) is 20.5 Å². The van der Waals surface area contributed by atoms with E-state index in [1.807, 2.05) is 24.3 Å². The van der Waals surface area contributed by atoms with Gasteiger partial charge in [0, 0.05) is 19.2 Å². The van der Waals surface area contributed by atoms with Gasteiger partial charge in [-0.05, 0) is 24.3 Å². The highest BCUT2D eigenvalue weighted by Gasteiger charge is 2.13. The molecule has 0 aliphatic carbocycles. The molecular weight excluding hydrogens is 354 g/mol. The topological polar surface area (TPSA) is 103 Å². The third-order valence-electron chi connectivity index (χ3n) is 3.69. The van der Waals surface area contributed by atoms with Crippen molar-refractivity contribution in [1.29, 1.82) is 0 Å². The predicted octanol–water partition coefficient (Wildman–Crippen LogP) is 2.54. The number of hydrogen-bond acceptors (Lipinski definition) is 7. The fraction of sp³-hybridized carbons (Fsp3) is 0.118. The summed E-state index contributed by atoms with van der Waals surface area (Å²) in [5.74, 6) is -0.738. The number of hydrogen-bond donors (Lipinski definition) is 1. The number of anilines is 1. The maximum absolute atomic E-state index is 12.2. The van der Waals surface area contributed by atoms with Gasteiger partial charge in [-0.1, -0.05) is 29.5 Å². The minimum absolute atomic E-state index is 0.113. The van der Waals surface area contributed by atoms with Crippen molar-refractivity contribution in [2.45, 2.75) is 13.0 Å². The Morgan fingerprint density at radius 1 is 1.15 bits per heavy atom. The number of carbonyl (C=O) groups is 1. The van der Waals surface area contributed by atoms with Crippen LogP contribution in [0.2, 0.25) is 0 Å². The molecule has 1 amide bonds. The van der Waals surface area contributed by atoms with Crippen molar-refractivity contribution in [3.63, 3.8) is 0 Å². The highest BCUT2D eigenvalue weighted by molar-refractivity contribution is 7.18. The predicted molar refractivity (Wildman–Crippen MR) is 96.9 cm³/mol. The first-order chi connectivity index (χ1) is 12.7. The molecule has 0 bridgehead atoms. The molecule has 8 nitrogen and oxygen atoms in total. The van der Waals surface area contributed by atoms with Gasteiger partial charge in [-0.15, -0.1) is 10.2 Å². The van der Waals surface area contributed by atoms with Crippen LogP contribution < -0.4 is 11.1 Å². The number of aryl methyl sites for hydroxylation is 1. The molecule has 0 aliphatic heterocycles. The smallest absolute Gasteiger partial charge is 0.408 e. The number of carbonyl (C=O) groups excluding carboxylic acids is 1. The van der Waals surface area contributed by atoms with Crippen LogP contribution in [-0.2, 0) is 11.3 Å². The molecule has 1 aromatic carbocycles. The molecular formula is C17H13N5O3S. The van der Waals surface area contributed by atoms with Gasteiger partial charge in [-0.3, -0.25) is 14.3 Å². The molecule has 4 aromatic rings. The fourth-order valence-corrected chi connectivity index (χ4v) is 3.22. The van der Waals surface area contributed by atoms with E-state index in [0.29, 0.717) is 26.9 Å². The van der Waals surface area contributed by atoms with Gasteiger partial charge >= 0.3 is 5.76 Å². The number of pyridine rings is 1. The molecule has 0 saturated heterocycles. The monoisotopic (exact) mass is 367 g/mol. The summed E-state index contributed by atoms with van der Waals surface area (Å²) in [4.78, 5) is 28.3. The Morgan fingerprint density at radius 3 is 2.85 bits per heavy atom. The average molecular weight is 367 g/mol. The molecule has 0 atom stereocenters. The summed E-state index contributed by atoms with van der Waals surface area (Å²) in [6, 6.07) is 12.6. The molecule has 3 heterocycles. The Bertz CT molecular complexity index is 1120. The van der Waals surface area contributed by atoms with Crippen LogP contribution in [0.25, 0.3) is 21.8 Å². The first-order valence-corrected chi connectivity index (χ1v) is 8.65. The van der Waals surface area contributed by atoms with Crippen molar-refractivity contribution in [1.82, 2.24) is 19.7 Å². The van der Waals surface area contributed by atoms with Crippen molar-refractivity contribution in [3.05, 3.63) is 59.2 Å². The van der Waals surface area contributed by atoms with Crippen LogP contribution in [0.15, 0.2) is 57.9 Å². The van der Waals surface area contributed by atoms with Crippen LogP contribution in [0, 0.1) is 0 Å². The Kier molecular flexibility index (Phi) is 4.28. The van der Waals surface area contributed by atoms with Crippen molar-refractivity contribution >= 4 is 33.5 Å². The molecule has 26 heavy (non-hydrogen) atoms. The summed E-state index contributed by atoms with van der Waals surface area (Å²) >= 11 is 1.24. The summed E-state index contributed by atoms with van der Waals surface area (Å²) in [7, 11) is 0. The fourth-order valence-electron chi connectivity index (χ4n) is 2.49. The number of para-hydroxylation sites is 2. The molecule has 9 heteroatoms. The van der Waals surface area contributed by atoms with Gasteiger partial charge in [0.1, 0.15) is 5.69 Å². The van der Waals surface area contributed by atoms with Crippen molar-refractivity contribution in [3.8, 4) is 10.7 Å². The number of nitrogens with one attached hydrogen (secondary N) is 1. The van der Waals surface area contributed by atoms with E-state index in [9.17, 15) is 9.59 Å². The van der Waals surface area contributed by atoms with Crippen LogP contribution in [-0.4, -0.2) is 25.7 Å². The zero-order valence-electron chi connectivity index (χ0n) is 13.5. The number of oxazole rings is 1. The van der Waals surface area contributed by atoms with Gasteiger partial charge in [0.15, 0.2) is 10.6 Å². The van der Waals surface area contributed by atoms with Crippen molar-refractivity contribution < 1.29 is 9.21 Å². The van der Waals surface area contributed by atoms with E-state index in [1.54, 1.807) is 24.4 Å². The second kappa shape index (κ2) is 6.89. The lowest BCUT2D eigenvalue weighted by Gasteiger charge is -2.02. The molecule has 130 valence electrons. The molecule has 1 N–H and O–H groups in total. The van der Waals surface area contributed by atoms with E-state index in [1.165, 1.54) is 15.9 Å². The Balaban J connectivity index is 1.42. The van der Waals surface area contributed by atoms with Crippen LogP contribution >= 0.6 is 11.3 Å². The van der Waals surface area contributed by atoms with E-state index < -0.39 is 5.76 Å². The van der Waals surface area contributed by atoms with Gasteiger partial charge in [-0.2, -0.15) is 0 Å². The summed E-state index contributed by atoms with van der Waals surface area (Å²) < 4.78 is 6.59. The zero-order valence-corrected chi connectivity index (χ0v) is 14.3. The molecule has 0 radical (unpaired) electrons. The first kappa shape index (κ1) is 16.2. The number of fused-ring (bicyclic) bond motifs is 1. The van der Waals surface area contributed by atoms with E-state index >= 15 is 0 Å². The lowest BCUT2D eigenvalue weighted by atomic mass is 10.3. The number of aromatic nitrogens is 4. The molecule has 0 aliphatic rings. The molecule has 0 unspecified atom stereocenters. The molecule has 0 saturated carbocycles. The number of nitrogens with zero attached hydrogens (tertiary/aromatic N) is 4. The summed E-state index contributed by atoms with van der Waals surface area (Å²) in [5, 5.41) is 11.7. The van der Waals surface area contributed by atoms with Crippen LogP contribution in [0.3, 0.4) is 0 Å². The quantitative estimate of drug-likeness (QED) is 0.581. The molecule has 0 spiro atoms. The zero-order chi connectivity index (χ0) is 17.9. The van der Waals surface area contributed by atoms with Crippen LogP contribution in [0.4, 0.5) is 5.13 Å². The number of rotatable bonds is 5. The minimum Gasteiger partial charge on any atom is -0.408 e. The maximum Gasteiger partial charge on any atom is 0.419 e. The minimum atomic E-state index is -0.479. The number of amides is 1. The average Bonchev–Trinajstić information content (AvgIpc) is 3.24. The third-order valence-corrected chi connectivity index (χ3v) is 4.55. The summed E-state index contributed by atoms with van der Waals surface area (Å²) in [6.07, 6.45) is 1.78. The van der Waals surface area contributed by atoms with E-state index in [-0.39, 0.29) is 18.9 Å². The molecule has 3 aromatic heterocycles. The van der Waals surface area contributed by atoms with Crippen LogP contribution in [0.5, 0.6) is 0 Å². The normalized spacial score (nSPS) is 10.9. The summed E-state index contributed by atoms with van der Waals surface area (Å²) in [6.45, 7) is 0.216. The van der Waals surface area contributed by atoms with Crippen molar-refractivity contribution in [2.24, 2.45) is 0 Å². The van der Waals surface area contributed by atoms with Gasteiger partial charge in [0.2, 0.25) is 11.0 Å². The molecule has 0 fully saturated rings. The van der Waals surface area contributed by atoms with E-state index in [0.717, 1.165) is 0 Å². The maximum atomic E-state index is 12.2. The lowest BCUT2D eigenvalue weighted by molar-refractivity contribution is -0.116. The number of benzene rings is 1. The second-order valence-corrected chi connectivity index (χ2v) is 6.39. The van der Waals surface area contributed by atoms with Gasteiger partial charge in [0.25, 0.3) is 0 Å². The third kappa shape index (κ3) is 3.24. The lowest BCUT2D eigenvalue weighted by Crippen LogP contribution is -2.19. The van der Waals surface area contributed by atoms with Crippen LogP contribution in [0.1, 0.15) is 6.42 Å². The highest BCUT2D eigenvalue weighted by Crippen LogP contribution is 2.24. The first-order valence-electron chi connectivity index (χ1n) is 7.84. The van der Waals surface area contributed by atoms with E-state index in [4.69, 9.17) is 4.42 Å². The summed E-state index contributed by atoms with van der Waals surface area (Å²) in [5.41, 5.74) is 1.86. The Morgan fingerprint density at radius 2 is 2.00 bits per heavy atom.